The number of rotatable bonds is 15. The zero-order chi connectivity index (χ0) is 37.5. The monoisotopic (exact) mass is 758 g/mol. The van der Waals surface area contributed by atoms with Gasteiger partial charge >= 0.3 is 18.1 Å². The number of nitrogens with zero attached hydrogens (tertiary/aromatic N) is 5. The quantitative estimate of drug-likeness (QED) is 0.0881. The van der Waals surface area contributed by atoms with Crippen molar-refractivity contribution < 1.29 is 28.7 Å². The van der Waals surface area contributed by atoms with Crippen molar-refractivity contribution in [2.45, 2.75) is 74.5 Å². The van der Waals surface area contributed by atoms with Gasteiger partial charge < -0.3 is 36.2 Å². The van der Waals surface area contributed by atoms with E-state index in [1.165, 1.54) is 4.90 Å². The van der Waals surface area contributed by atoms with Gasteiger partial charge in [-0.25, -0.2) is 19.1 Å². The van der Waals surface area contributed by atoms with E-state index in [4.69, 9.17) is 4.74 Å². The Hall–Kier alpha value is -5.16. The van der Waals surface area contributed by atoms with Crippen LogP contribution in [0.2, 0.25) is 0 Å². The zero-order valence-corrected chi connectivity index (χ0v) is 30.8. The first-order valence-corrected chi connectivity index (χ1v) is 19.6. The van der Waals surface area contributed by atoms with Gasteiger partial charge in [-0.1, -0.05) is 54.1 Å². The summed E-state index contributed by atoms with van der Waals surface area (Å²) in [5.41, 5.74) is 1.90. The van der Waals surface area contributed by atoms with Crippen LogP contribution in [0.25, 0.3) is 11.3 Å². The van der Waals surface area contributed by atoms with Crippen LogP contribution in [0.3, 0.4) is 0 Å². The lowest BCUT2D eigenvalue weighted by Crippen LogP contribution is -2.56. The van der Waals surface area contributed by atoms with Crippen molar-refractivity contribution in [1.29, 1.82) is 0 Å². The number of amides is 8. The number of piperidine rings is 1. The predicted molar refractivity (Wildman–Crippen MR) is 201 cm³/mol. The van der Waals surface area contributed by atoms with Crippen molar-refractivity contribution in [3.05, 3.63) is 66.4 Å². The van der Waals surface area contributed by atoms with Crippen molar-refractivity contribution in [3.8, 4) is 11.3 Å². The number of thioether (sulfide) groups is 1. The largest absolute Gasteiger partial charge is 0.378 e. The number of urea groups is 3. The number of anilines is 1. The summed E-state index contributed by atoms with van der Waals surface area (Å²) in [7, 11) is 0. The fraction of sp³-hybridized carbons (Fsp3) is 0.486. The molecule has 0 unspecified atom stereocenters. The molecule has 4 aliphatic heterocycles. The Bertz CT molecular complexity index is 1830. The van der Waals surface area contributed by atoms with Gasteiger partial charge in [-0.15, -0.1) is 5.10 Å². The molecule has 8 amide bonds. The molecule has 4 fully saturated rings. The number of carbonyl (C=O) groups excluding carboxylic acids is 5. The normalized spacial score (nSPS) is 21.5. The van der Waals surface area contributed by atoms with Crippen LogP contribution in [-0.4, -0.2) is 116 Å². The maximum atomic E-state index is 13.3. The lowest BCUT2D eigenvalue weighted by molar-refractivity contribution is -0.133. The molecule has 3 aromatic rings. The summed E-state index contributed by atoms with van der Waals surface area (Å²) in [6.45, 7) is 2.56. The number of benzene rings is 2. The fourth-order valence-corrected chi connectivity index (χ4v) is 8.94. The van der Waals surface area contributed by atoms with E-state index in [0.29, 0.717) is 75.3 Å². The first kappa shape index (κ1) is 37.2. The zero-order valence-electron chi connectivity index (χ0n) is 30.0. The summed E-state index contributed by atoms with van der Waals surface area (Å²) in [5, 5.41) is 23.6. The molecule has 54 heavy (non-hydrogen) atoms. The molecule has 4 aliphatic rings. The highest BCUT2D eigenvalue weighted by molar-refractivity contribution is 8.00. The predicted octanol–water partition coefficient (Wildman–Crippen LogP) is 2.92. The van der Waals surface area contributed by atoms with E-state index in [1.54, 1.807) is 15.6 Å². The highest BCUT2D eigenvalue weighted by atomic mass is 32.2. The number of unbranched alkanes of at least 4 members (excludes halogenated alkanes) is 1. The number of ether oxygens (including phenoxy) is 1. The Morgan fingerprint density at radius 2 is 1.83 bits per heavy atom. The number of fused-ring (bicyclic) bond motifs is 1. The van der Waals surface area contributed by atoms with Gasteiger partial charge in [-0.2, -0.15) is 11.8 Å². The molecule has 5 heterocycles. The number of hydrogen-bond acceptors (Lipinski definition) is 9. The van der Waals surface area contributed by atoms with Crippen molar-refractivity contribution in [2.75, 3.05) is 43.9 Å². The van der Waals surface area contributed by atoms with E-state index in [1.807, 2.05) is 66.5 Å². The first-order chi connectivity index (χ1) is 26.3. The minimum Gasteiger partial charge on any atom is -0.378 e. The minimum atomic E-state index is -0.995. The molecule has 7 rings (SSSR count). The molecule has 4 saturated heterocycles. The third-order valence-electron chi connectivity index (χ3n) is 10.4. The average molecular weight is 759 g/mol. The van der Waals surface area contributed by atoms with Crippen molar-refractivity contribution >= 4 is 47.4 Å². The summed E-state index contributed by atoms with van der Waals surface area (Å²) in [4.78, 5) is 65.9. The molecule has 286 valence electrons. The van der Waals surface area contributed by atoms with Gasteiger partial charge in [0.05, 0.1) is 44.6 Å². The van der Waals surface area contributed by atoms with Gasteiger partial charge in [0.25, 0.3) is 5.91 Å². The lowest BCUT2D eigenvalue weighted by atomic mass is 9.87. The molecule has 1 aromatic heterocycles. The summed E-state index contributed by atoms with van der Waals surface area (Å²) >= 11 is 1.89. The van der Waals surface area contributed by atoms with E-state index in [0.717, 1.165) is 36.1 Å². The van der Waals surface area contributed by atoms with E-state index in [2.05, 4.69) is 36.9 Å². The third kappa shape index (κ3) is 8.79. The van der Waals surface area contributed by atoms with Crippen LogP contribution in [-0.2, 0) is 27.4 Å². The van der Waals surface area contributed by atoms with E-state index in [-0.39, 0.29) is 42.5 Å². The number of aromatic nitrogens is 3. The second kappa shape index (κ2) is 16.9. The van der Waals surface area contributed by atoms with Gasteiger partial charge in [0.2, 0.25) is 5.91 Å². The van der Waals surface area contributed by atoms with Crippen LogP contribution in [0.5, 0.6) is 0 Å². The van der Waals surface area contributed by atoms with Crippen LogP contribution >= 0.6 is 11.8 Å². The van der Waals surface area contributed by atoms with Crippen LogP contribution in [0, 0.1) is 0 Å². The summed E-state index contributed by atoms with van der Waals surface area (Å²) < 4.78 is 7.38. The smallest absolute Gasteiger partial charge is 0.325 e. The van der Waals surface area contributed by atoms with E-state index >= 15 is 0 Å². The van der Waals surface area contributed by atoms with Crippen LogP contribution < -0.4 is 26.6 Å². The van der Waals surface area contributed by atoms with Gasteiger partial charge in [0.15, 0.2) is 0 Å². The van der Waals surface area contributed by atoms with Gasteiger partial charge in [-0.05, 0) is 43.4 Å². The highest BCUT2D eigenvalue weighted by Crippen LogP contribution is 2.33. The topological polar surface area (TPSA) is 192 Å². The molecule has 16 nitrogen and oxygen atoms in total. The summed E-state index contributed by atoms with van der Waals surface area (Å²) in [6.07, 6.45) is 5.69. The maximum absolute atomic E-state index is 13.3. The van der Waals surface area contributed by atoms with Crippen LogP contribution in [0.4, 0.5) is 20.1 Å². The Morgan fingerprint density at radius 1 is 1.00 bits per heavy atom. The summed E-state index contributed by atoms with van der Waals surface area (Å²) in [6, 6.07) is 16.4. The van der Waals surface area contributed by atoms with Gasteiger partial charge in [0, 0.05) is 48.3 Å². The third-order valence-corrected chi connectivity index (χ3v) is 11.9. The first-order valence-electron chi connectivity index (χ1n) is 18.5. The van der Waals surface area contributed by atoms with E-state index < -0.39 is 11.6 Å². The molecule has 17 heteroatoms. The van der Waals surface area contributed by atoms with Crippen molar-refractivity contribution in [1.82, 2.24) is 46.1 Å². The molecule has 5 N–H and O–H groups in total. The number of nitrogens with one attached hydrogen (secondary N) is 5. The highest BCUT2D eigenvalue weighted by Gasteiger charge is 2.52. The molecule has 0 radical (unpaired) electrons. The average Bonchev–Trinajstić information content (AvgIpc) is 3.94. The molecule has 0 aliphatic carbocycles. The number of carbonyl (C=O) groups is 5. The second-order valence-electron chi connectivity index (χ2n) is 14.1. The molecule has 1 spiro atoms. The molecule has 2 aromatic carbocycles. The van der Waals surface area contributed by atoms with Crippen molar-refractivity contribution in [3.63, 3.8) is 0 Å². The van der Waals surface area contributed by atoms with E-state index in [9.17, 15) is 24.0 Å². The molecule has 3 atom stereocenters. The minimum absolute atomic E-state index is 0.0109. The molecular formula is C37H46N10O6S. The lowest BCUT2D eigenvalue weighted by Gasteiger charge is -2.37. The fourth-order valence-electron chi connectivity index (χ4n) is 7.40. The molecule has 0 bridgehead atoms. The molecule has 0 saturated carbocycles. The number of hydrogen-bond donors (Lipinski definition) is 5. The Kier molecular flexibility index (Phi) is 11.6. The Labute approximate surface area is 317 Å². The van der Waals surface area contributed by atoms with Gasteiger partial charge in [0.1, 0.15) is 11.2 Å². The Balaban J connectivity index is 0.779. The Morgan fingerprint density at radius 3 is 2.67 bits per heavy atom. The molecular weight excluding hydrogens is 713 g/mol. The maximum Gasteiger partial charge on any atom is 0.325 e. The SMILES string of the molecule is O=C(CCCC[C@@H]1SC[C@@H]2NC(=O)N[C@@H]21)NCCOCCn1cc(-c2cccc(NC(=O)N3CCC4(CC3)NC(=O)N(Cc3ccccc3)C4=O)c2)nn1. The number of likely N-dealkylation sites (tertiary alicyclic amines) is 1. The second-order valence-corrected chi connectivity index (χ2v) is 15.4. The van der Waals surface area contributed by atoms with Crippen LogP contribution in [0.15, 0.2) is 60.8 Å². The standard InChI is InChI=1S/C37H46N10O6S/c48-31(12-5-4-11-30-32-29(24-54-30)40-34(50)41-32)38-15-19-53-20-18-46-23-28(43-44-46)26-9-6-10-27(21-26)39-35(51)45-16-13-37(14-17-45)33(49)47(36(52)42-37)22-25-7-2-1-3-8-25/h1-3,6-10,21,23,29-30,32H,4-5,11-20,22,24H2,(H,38,48)(H,39,51)(H,42,52)(H2,40,41,50)/t29-,30-,32-/m0/s1. The van der Waals surface area contributed by atoms with Gasteiger partial charge in [-0.3, -0.25) is 14.5 Å². The van der Waals surface area contributed by atoms with Crippen LogP contribution in [0.1, 0.15) is 44.1 Å². The van der Waals surface area contributed by atoms with Crippen molar-refractivity contribution in [2.24, 2.45) is 0 Å². The number of imide groups is 1. The summed E-state index contributed by atoms with van der Waals surface area (Å²) in [5.74, 6) is 0.704.